The number of rotatable bonds is 4. The normalized spacial score (nSPS) is 17.4. The molecule has 2 aromatic carbocycles. The maximum Gasteiger partial charge on any atom is 0.272 e. The predicted octanol–water partition coefficient (Wildman–Crippen LogP) is 3.57. The fourth-order valence-electron chi connectivity index (χ4n) is 4.21. The molecule has 33 heavy (non-hydrogen) atoms. The molecular formula is C23H21FN4O5. The molecule has 0 atom stereocenters. The molecule has 10 heteroatoms. The molecule has 2 aliphatic rings. The van der Waals surface area contributed by atoms with Crippen LogP contribution in [0.15, 0.2) is 54.6 Å². The monoisotopic (exact) mass is 452 g/mol. The quantitative estimate of drug-likeness (QED) is 0.443. The Bertz CT molecular complexity index is 1180. The summed E-state index contributed by atoms with van der Waals surface area (Å²) in [5, 5.41) is 15.6. The summed E-state index contributed by atoms with van der Waals surface area (Å²) in [7, 11) is 0. The first kappa shape index (κ1) is 21.2. The smallest absolute Gasteiger partial charge is 0.272 e. The van der Waals surface area contributed by atoms with E-state index in [1.165, 1.54) is 28.9 Å². The number of aromatic nitrogens is 2. The lowest BCUT2D eigenvalue weighted by Crippen LogP contribution is -2.47. The molecule has 2 saturated heterocycles. The van der Waals surface area contributed by atoms with Crippen LogP contribution in [0.25, 0.3) is 16.9 Å². The van der Waals surface area contributed by atoms with Crippen molar-refractivity contribution < 1.29 is 23.6 Å². The molecule has 0 N–H and O–H groups in total. The third-order valence-electron chi connectivity index (χ3n) is 6.00. The van der Waals surface area contributed by atoms with E-state index >= 15 is 0 Å². The highest BCUT2D eigenvalue weighted by atomic mass is 19.1. The van der Waals surface area contributed by atoms with E-state index in [2.05, 4.69) is 5.10 Å². The van der Waals surface area contributed by atoms with E-state index in [0.29, 0.717) is 61.8 Å². The van der Waals surface area contributed by atoms with Gasteiger partial charge in [0.1, 0.15) is 11.5 Å². The van der Waals surface area contributed by atoms with Gasteiger partial charge in [0.2, 0.25) is 0 Å². The van der Waals surface area contributed by atoms with Crippen LogP contribution in [-0.2, 0) is 9.47 Å². The highest BCUT2D eigenvalue weighted by Gasteiger charge is 2.41. The molecular weight excluding hydrogens is 431 g/mol. The summed E-state index contributed by atoms with van der Waals surface area (Å²) in [5.41, 5.74) is 1.90. The van der Waals surface area contributed by atoms with Gasteiger partial charge in [-0.2, -0.15) is 5.10 Å². The molecule has 2 fully saturated rings. The molecule has 1 spiro atoms. The van der Waals surface area contributed by atoms with Gasteiger partial charge in [-0.3, -0.25) is 14.9 Å². The maximum absolute atomic E-state index is 13.5. The average molecular weight is 452 g/mol. The van der Waals surface area contributed by atoms with Crippen LogP contribution in [-0.4, -0.2) is 57.6 Å². The Morgan fingerprint density at radius 3 is 2.27 bits per heavy atom. The molecule has 170 valence electrons. The van der Waals surface area contributed by atoms with Crippen molar-refractivity contribution in [3.8, 4) is 16.9 Å². The summed E-state index contributed by atoms with van der Waals surface area (Å²) in [6.07, 6.45) is 1.16. The number of nitro groups is 1. The van der Waals surface area contributed by atoms with Crippen molar-refractivity contribution in [2.45, 2.75) is 18.6 Å². The Labute approximate surface area is 188 Å². The van der Waals surface area contributed by atoms with E-state index in [-0.39, 0.29) is 17.4 Å². The third-order valence-corrected chi connectivity index (χ3v) is 6.00. The minimum atomic E-state index is -0.603. The van der Waals surface area contributed by atoms with E-state index in [0.717, 1.165) is 0 Å². The van der Waals surface area contributed by atoms with Crippen LogP contribution >= 0.6 is 0 Å². The summed E-state index contributed by atoms with van der Waals surface area (Å²) in [5.74, 6) is -1.19. The van der Waals surface area contributed by atoms with E-state index in [1.807, 2.05) is 0 Å². The molecule has 0 aliphatic carbocycles. The second-order valence-electron chi connectivity index (χ2n) is 8.01. The Morgan fingerprint density at radius 2 is 1.67 bits per heavy atom. The van der Waals surface area contributed by atoms with Crippen molar-refractivity contribution >= 4 is 11.6 Å². The Morgan fingerprint density at radius 1 is 1.03 bits per heavy atom. The van der Waals surface area contributed by atoms with Gasteiger partial charge in [0, 0.05) is 43.6 Å². The molecule has 0 bridgehead atoms. The number of benzene rings is 2. The number of hydrogen-bond donors (Lipinski definition) is 0. The zero-order valence-corrected chi connectivity index (χ0v) is 17.6. The number of amides is 1. The number of likely N-dealkylation sites (tertiary alicyclic amines) is 1. The Balaban J connectivity index is 1.48. The number of carbonyl (C=O) groups is 1. The van der Waals surface area contributed by atoms with Gasteiger partial charge in [0.25, 0.3) is 11.6 Å². The Kier molecular flexibility index (Phi) is 5.39. The minimum Gasteiger partial charge on any atom is -0.347 e. The molecule has 2 aliphatic heterocycles. The predicted molar refractivity (Wildman–Crippen MR) is 115 cm³/mol. The van der Waals surface area contributed by atoms with Crippen molar-refractivity contribution in [1.82, 2.24) is 14.7 Å². The van der Waals surface area contributed by atoms with Crippen molar-refractivity contribution in [3.05, 3.63) is 76.2 Å². The second-order valence-corrected chi connectivity index (χ2v) is 8.01. The lowest BCUT2D eigenvalue weighted by molar-refractivity contribution is -0.384. The van der Waals surface area contributed by atoms with Gasteiger partial charge in [-0.1, -0.05) is 0 Å². The number of ether oxygens (including phenoxy) is 2. The number of halogens is 1. The lowest BCUT2D eigenvalue weighted by Gasteiger charge is -2.37. The van der Waals surface area contributed by atoms with Crippen LogP contribution < -0.4 is 0 Å². The molecule has 0 radical (unpaired) electrons. The van der Waals surface area contributed by atoms with Crippen molar-refractivity contribution in [3.63, 3.8) is 0 Å². The van der Waals surface area contributed by atoms with Crippen molar-refractivity contribution in [2.24, 2.45) is 0 Å². The number of non-ortho nitro benzene ring substituents is 1. The number of hydrogen-bond acceptors (Lipinski definition) is 6. The molecule has 3 heterocycles. The van der Waals surface area contributed by atoms with Gasteiger partial charge in [-0.15, -0.1) is 0 Å². The molecule has 1 aromatic heterocycles. The fourth-order valence-corrected chi connectivity index (χ4v) is 4.21. The standard InChI is InChI=1S/C23H21FN4O5/c24-17-3-1-16(2-4-17)20-15-21(27(25-20)18-5-7-19(8-6-18)28(30)31)22(29)26-11-9-23(10-12-26)32-13-14-33-23/h1-8,15H,9-14H2. The Hall–Kier alpha value is -3.63. The largest absolute Gasteiger partial charge is 0.347 e. The van der Waals surface area contributed by atoms with E-state index in [4.69, 9.17) is 9.47 Å². The van der Waals surface area contributed by atoms with Gasteiger partial charge in [0.05, 0.1) is 29.5 Å². The topological polar surface area (TPSA) is 99.7 Å². The number of piperidine rings is 1. The first-order valence-electron chi connectivity index (χ1n) is 10.6. The molecule has 1 amide bonds. The van der Waals surface area contributed by atoms with Gasteiger partial charge in [-0.25, -0.2) is 9.07 Å². The van der Waals surface area contributed by atoms with Gasteiger partial charge in [0.15, 0.2) is 5.79 Å². The van der Waals surface area contributed by atoms with Crippen LogP contribution in [0, 0.1) is 15.9 Å². The van der Waals surface area contributed by atoms with Crippen molar-refractivity contribution in [1.29, 1.82) is 0 Å². The SMILES string of the molecule is O=C(c1cc(-c2ccc(F)cc2)nn1-c1ccc([N+](=O)[O-])cc1)N1CCC2(CC1)OCCO2. The molecule has 0 saturated carbocycles. The van der Waals surface area contributed by atoms with Crippen LogP contribution in [0.3, 0.4) is 0 Å². The first-order chi connectivity index (χ1) is 15.9. The summed E-state index contributed by atoms with van der Waals surface area (Å²) >= 11 is 0. The van der Waals surface area contributed by atoms with Crippen molar-refractivity contribution in [2.75, 3.05) is 26.3 Å². The van der Waals surface area contributed by atoms with Gasteiger partial charge < -0.3 is 14.4 Å². The lowest BCUT2D eigenvalue weighted by atomic mass is 10.0. The number of nitrogens with zero attached hydrogens (tertiary/aromatic N) is 4. The van der Waals surface area contributed by atoms with Crippen LogP contribution in [0.1, 0.15) is 23.3 Å². The summed E-state index contributed by atoms with van der Waals surface area (Å²) in [6.45, 7) is 2.05. The van der Waals surface area contributed by atoms with Gasteiger partial charge >= 0.3 is 0 Å². The third kappa shape index (κ3) is 4.10. The zero-order chi connectivity index (χ0) is 23.0. The zero-order valence-electron chi connectivity index (χ0n) is 17.6. The van der Waals surface area contributed by atoms with Crippen LogP contribution in [0.4, 0.5) is 10.1 Å². The van der Waals surface area contributed by atoms with Crippen LogP contribution in [0.2, 0.25) is 0 Å². The summed E-state index contributed by atoms with van der Waals surface area (Å²) in [4.78, 5) is 25.8. The molecule has 3 aromatic rings. The highest BCUT2D eigenvalue weighted by molar-refractivity contribution is 5.94. The van der Waals surface area contributed by atoms with Crippen LogP contribution in [0.5, 0.6) is 0 Å². The van der Waals surface area contributed by atoms with E-state index < -0.39 is 10.7 Å². The number of nitro benzene ring substituents is 1. The fraction of sp³-hybridized carbons (Fsp3) is 0.304. The van der Waals surface area contributed by atoms with E-state index in [1.54, 1.807) is 35.2 Å². The number of carbonyl (C=O) groups excluding carboxylic acids is 1. The minimum absolute atomic E-state index is 0.0598. The highest BCUT2D eigenvalue weighted by Crippen LogP contribution is 2.32. The summed E-state index contributed by atoms with van der Waals surface area (Å²) in [6, 6.07) is 13.3. The van der Waals surface area contributed by atoms with E-state index in [9.17, 15) is 19.3 Å². The van der Waals surface area contributed by atoms with Gasteiger partial charge in [-0.05, 0) is 42.5 Å². The maximum atomic E-state index is 13.5. The summed E-state index contributed by atoms with van der Waals surface area (Å²) < 4.78 is 26.4. The average Bonchev–Trinajstić information content (AvgIpc) is 3.47. The second kappa shape index (κ2) is 8.38. The first-order valence-corrected chi connectivity index (χ1v) is 10.6. The molecule has 0 unspecified atom stereocenters. The molecule has 9 nitrogen and oxygen atoms in total. The molecule has 5 rings (SSSR count).